The molecule has 21 heavy (non-hydrogen) atoms. The van der Waals surface area contributed by atoms with Crippen molar-refractivity contribution < 1.29 is 8.42 Å². The molecule has 3 rings (SSSR count). The first-order valence-corrected chi connectivity index (χ1v) is 9.39. The Morgan fingerprint density at radius 2 is 2.14 bits per heavy atom. The maximum Gasteiger partial charge on any atom is 0.152 e. The Morgan fingerprint density at radius 1 is 1.38 bits per heavy atom. The molecule has 1 saturated carbocycles. The molecule has 1 aromatic heterocycles. The van der Waals surface area contributed by atoms with Crippen molar-refractivity contribution in [2.24, 2.45) is 0 Å². The number of sulfone groups is 1. The molecule has 0 bridgehead atoms. The number of hydrogen-bond acceptors (Lipinski definition) is 5. The van der Waals surface area contributed by atoms with Gasteiger partial charge in [-0.1, -0.05) is 0 Å². The van der Waals surface area contributed by atoms with Gasteiger partial charge in [0.15, 0.2) is 9.84 Å². The molecule has 116 valence electrons. The third-order valence-electron chi connectivity index (χ3n) is 4.39. The zero-order valence-corrected chi connectivity index (χ0v) is 13.5. The van der Waals surface area contributed by atoms with Gasteiger partial charge in [-0.05, 0) is 32.3 Å². The third-order valence-corrected chi connectivity index (χ3v) is 6.14. The van der Waals surface area contributed by atoms with Crippen LogP contribution in [0.1, 0.15) is 30.5 Å². The minimum Gasteiger partial charge on any atom is -0.370 e. The van der Waals surface area contributed by atoms with Gasteiger partial charge in [0.05, 0.1) is 11.5 Å². The molecule has 2 aliphatic rings. The van der Waals surface area contributed by atoms with Crippen LogP contribution >= 0.6 is 0 Å². The Labute approximate surface area is 126 Å². The predicted molar refractivity (Wildman–Crippen MR) is 84.3 cm³/mol. The van der Waals surface area contributed by atoms with Crippen molar-refractivity contribution in [3.63, 3.8) is 0 Å². The van der Waals surface area contributed by atoms with Gasteiger partial charge in [0, 0.05) is 48.8 Å². The van der Waals surface area contributed by atoms with Crippen LogP contribution in [0.5, 0.6) is 0 Å². The zero-order valence-electron chi connectivity index (χ0n) is 12.7. The maximum atomic E-state index is 11.7. The Balaban J connectivity index is 1.79. The highest BCUT2D eigenvalue weighted by Crippen LogP contribution is 2.27. The molecule has 6 heteroatoms. The van der Waals surface area contributed by atoms with E-state index < -0.39 is 9.84 Å². The number of pyridine rings is 1. The molecule has 1 aromatic rings. The first-order valence-electron chi connectivity index (χ1n) is 7.57. The molecule has 1 aliphatic carbocycles. The largest absolute Gasteiger partial charge is 0.370 e. The van der Waals surface area contributed by atoms with Crippen LogP contribution in [-0.4, -0.2) is 44.0 Å². The number of hydrogen-bond donors (Lipinski definition) is 1. The lowest BCUT2D eigenvalue weighted by molar-refractivity contribution is 0.600. The summed E-state index contributed by atoms with van der Waals surface area (Å²) in [6.45, 7) is 2.78. The summed E-state index contributed by atoms with van der Waals surface area (Å²) in [5.74, 6) is 0.572. The molecule has 2 fully saturated rings. The Kier molecular flexibility index (Phi) is 3.92. The van der Waals surface area contributed by atoms with Crippen LogP contribution < -0.4 is 10.2 Å². The van der Waals surface area contributed by atoms with E-state index in [1.54, 1.807) is 0 Å². The second kappa shape index (κ2) is 5.57. The minimum atomic E-state index is -2.86. The zero-order chi connectivity index (χ0) is 15.0. The van der Waals surface area contributed by atoms with E-state index in [4.69, 9.17) is 0 Å². The Morgan fingerprint density at radius 3 is 2.76 bits per heavy atom. The molecular weight excluding hydrogens is 286 g/mol. The monoisotopic (exact) mass is 309 g/mol. The average Bonchev–Trinajstić information content (AvgIpc) is 3.19. The van der Waals surface area contributed by atoms with Gasteiger partial charge >= 0.3 is 0 Å². The van der Waals surface area contributed by atoms with E-state index in [2.05, 4.69) is 21.3 Å². The second-order valence-corrected chi connectivity index (χ2v) is 8.51. The molecule has 0 spiro atoms. The summed E-state index contributed by atoms with van der Waals surface area (Å²) in [5, 5.41) is 3.51. The molecule has 0 amide bonds. The molecule has 0 aromatic carbocycles. The number of aryl methyl sites for hydroxylation is 1. The van der Waals surface area contributed by atoms with E-state index in [0.717, 1.165) is 29.9 Å². The van der Waals surface area contributed by atoms with Crippen molar-refractivity contribution in [2.45, 2.75) is 44.8 Å². The summed E-state index contributed by atoms with van der Waals surface area (Å²) < 4.78 is 23.4. The van der Waals surface area contributed by atoms with E-state index in [-0.39, 0.29) is 11.8 Å². The summed E-state index contributed by atoms with van der Waals surface area (Å²) in [7, 11) is -0.859. The summed E-state index contributed by atoms with van der Waals surface area (Å²) in [4.78, 5) is 6.52. The molecule has 2 heterocycles. The fourth-order valence-electron chi connectivity index (χ4n) is 2.86. The first kappa shape index (κ1) is 14.8. The number of nitrogens with zero attached hydrogens (tertiary/aromatic N) is 2. The summed E-state index contributed by atoms with van der Waals surface area (Å²) >= 11 is 0. The molecule has 1 unspecified atom stereocenters. The second-order valence-electron chi connectivity index (χ2n) is 6.28. The highest BCUT2D eigenvalue weighted by Gasteiger charge is 2.31. The lowest BCUT2D eigenvalue weighted by Gasteiger charge is -2.28. The molecular formula is C15H23N3O2S. The van der Waals surface area contributed by atoms with Gasteiger partial charge in [-0.3, -0.25) is 4.98 Å². The minimum absolute atomic E-state index is 0.0801. The molecule has 1 aliphatic heterocycles. The molecule has 1 N–H and O–H groups in total. The normalized spacial score (nSPS) is 24.2. The molecule has 1 saturated heterocycles. The van der Waals surface area contributed by atoms with Crippen molar-refractivity contribution in [3.8, 4) is 0 Å². The van der Waals surface area contributed by atoms with Gasteiger partial charge in [-0.25, -0.2) is 8.42 Å². The highest BCUT2D eigenvalue weighted by atomic mass is 32.2. The van der Waals surface area contributed by atoms with Crippen LogP contribution in [0.2, 0.25) is 0 Å². The van der Waals surface area contributed by atoms with Crippen molar-refractivity contribution in [2.75, 3.05) is 23.5 Å². The molecule has 1 atom stereocenters. The van der Waals surface area contributed by atoms with Crippen molar-refractivity contribution >= 4 is 15.5 Å². The fraction of sp³-hybridized carbons (Fsp3) is 0.667. The first-order chi connectivity index (χ1) is 9.94. The number of aromatic nitrogens is 1. The lowest BCUT2D eigenvalue weighted by Crippen LogP contribution is -2.34. The van der Waals surface area contributed by atoms with Crippen molar-refractivity contribution in [1.82, 2.24) is 10.3 Å². The standard InChI is InChI=1S/C15H23N3O2S/c1-11-7-15(12(8-16-11)9-17-13-3-4-13)18(2)14-5-6-21(19,20)10-14/h7-8,13-14,17H,3-6,9-10H2,1-2H3. The topological polar surface area (TPSA) is 62.3 Å². The van der Waals surface area contributed by atoms with Crippen LogP contribution in [-0.2, 0) is 16.4 Å². The summed E-state index contributed by atoms with van der Waals surface area (Å²) in [5.41, 5.74) is 3.23. The van der Waals surface area contributed by atoms with Gasteiger partial charge in [-0.15, -0.1) is 0 Å². The van der Waals surface area contributed by atoms with E-state index in [1.807, 2.05) is 20.2 Å². The Bertz CT molecular complexity index is 626. The van der Waals surface area contributed by atoms with Gasteiger partial charge in [-0.2, -0.15) is 0 Å². The van der Waals surface area contributed by atoms with Crippen LogP contribution in [0.4, 0.5) is 5.69 Å². The quantitative estimate of drug-likeness (QED) is 0.887. The maximum absolute atomic E-state index is 11.7. The predicted octanol–water partition coefficient (Wildman–Crippen LogP) is 1.27. The highest BCUT2D eigenvalue weighted by molar-refractivity contribution is 7.91. The van der Waals surface area contributed by atoms with Crippen molar-refractivity contribution in [1.29, 1.82) is 0 Å². The van der Waals surface area contributed by atoms with Crippen LogP contribution in [0.15, 0.2) is 12.3 Å². The van der Waals surface area contributed by atoms with E-state index >= 15 is 0 Å². The number of anilines is 1. The summed E-state index contributed by atoms with van der Waals surface area (Å²) in [6.07, 6.45) is 5.15. The fourth-order valence-corrected chi connectivity index (χ4v) is 4.63. The Hall–Kier alpha value is -1.14. The summed E-state index contributed by atoms with van der Waals surface area (Å²) in [6, 6.07) is 2.79. The van der Waals surface area contributed by atoms with E-state index in [0.29, 0.717) is 11.8 Å². The smallest absolute Gasteiger partial charge is 0.152 e. The van der Waals surface area contributed by atoms with E-state index in [1.165, 1.54) is 12.8 Å². The number of nitrogens with one attached hydrogen (secondary N) is 1. The van der Waals surface area contributed by atoms with Crippen LogP contribution in [0.3, 0.4) is 0 Å². The van der Waals surface area contributed by atoms with Crippen molar-refractivity contribution in [3.05, 3.63) is 23.5 Å². The van der Waals surface area contributed by atoms with Gasteiger partial charge < -0.3 is 10.2 Å². The van der Waals surface area contributed by atoms with Crippen LogP contribution in [0.25, 0.3) is 0 Å². The average molecular weight is 309 g/mol. The van der Waals surface area contributed by atoms with Gasteiger partial charge in [0.1, 0.15) is 0 Å². The van der Waals surface area contributed by atoms with E-state index in [9.17, 15) is 8.42 Å². The lowest BCUT2D eigenvalue weighted by atomic mass is 10.1. The molecule has 0 radical (unpaired) electrons. The number of rotatable bonds is 5. The third kappa shape index (κ3) is 3.55. The van der Waals surface area contributed by atoms with Gasteiger partial charge in [0.2, 0.25) is 0 Å². The van der Waals surface area contributed by atoms with Crippen LogP contribution in [0, 0.1) is 6.92 Å². The SMILES string of the molecule is Cc1cc(N(C)C2CCS(=O)(=O)C2)c(CNC2CC2)cn1. The van der Waals surface area contributed by atoms with Gasteiger partial charge in [0.25, 0.3) is 0 Å². The molecule has 5 nitrogen and oxygen atoms in total.